The Morgan fingerprint density at radius 3 is 1.72 bits per heavy atom. The molecule has 2 aromatic heterocycles. The Hall–Kier alpha value is -5.64. The maximum absolute atomic E-state index is 6.77. The fraction of sp³-hybridized carbons (Fsp3) is 0.323. The van der Waals surface area contributed by atoms with Crippen molar-refractivity contribution < 1.29 is 25.8 Å². The van der Waals surface area contributed by atoms with Gasteiger partial charge < -0.3 is 19.1 Å². The van der Waals surface area contributed by atoms with Crippen LogP contribution in [0.5, 0.6) is 11.5 Å². The third kappa shape index (κ3) is 9.41. The maximum Gasteiger partial charge on any atom is 0.135 e. The van der Waals surface area contributed by atoms with Crippen molar-refractivity contribution in [3.8, 4) is 28.4 Å². The van der Waals surface area contributed by atoms with Crippen LogP contribution in [0.25, 0.3) is 38.8 Å². The number of anilines is 4. The summed E-state index contributed by atoms with van der Waals surface area (Å²) < 4.78 is 9.00. The molecule has 68 heavy (non-hydrogen) atoms. The topological polar surface area (TPSA) is 33.5 Å². The van der Waals surface area contributed by atoms with Gasteiger partial charge in [-0.3, -0.25) is 0 Å². The molecule has 0 unspecified atom stereocenters. The summed E-state index contributed by atoms with van der Waals surface area (Å²) >= 11 is 0. The zero-order valence-electron chi connectivity index (χ0n) is 42.7. The van der Waals surface area contributed by atoms with E-state index in [9.17, 15) is 0 Å². The molecule has 0 radical (unpaired) electrons. The maximum atomic E-state index is 6.77. The third-order valence-corrected chi connectivity index (χ3v) is 13.3. The number of para-hydroxylation sites is 1. The molecule has 3 heterocycles. The van der Waals surface area contributed by atoms with Crippen molar-refractivity contribution in [2.24, 2.45) is 0 Å². The van der Waals surface area contributed by atoms with Crippen molar-refractivity contribution in [1.29, 1.82) is 0 Å². The molecule has 0 bridgehead atoms. The monoisotopic (exact) mass is 1080 g/mol. The molecular weight excluding hydrogens is 1010 g/mol. The average molecular weight is 1080 g/mol. The predicted octanol–water partition coefficient (Wildman–Crippen LogP) is 17.1. The summed E-state index contributed by atoms with van der Waals surface area (Å²) in [5.74, 6) is 2.07. The van der Waals surface area contributed by atoms with Crippen LogP contribution in [0.2, 0.25) is 0 Å². The number of pyridine rings is 1. The first-order chi connectivity index (χ1) is 31.3. The standard InChI is InChI=1S/C62H67N4O.Pt/c1-58(2,3)41-24-22-40(23-25-41)50-20-17-21-54-57(50)65(47-33-44(61(10,11)12)32-45(34-47)62(13,14)15)39-64(54)46-18-16-19-48(37-46)67-49-27-28-51-52-35-42(59(4,5)6)26-29-53(52)66(55(51)38-49)56-36-43(30-31-63-56)60(7,8)9;/h16-36,39H,1-15H3;/q-3;. The zero-order valence-corrected chi connectivity index (χ0v) is 45.0. The van der Waals surface area contributed by atoms with E-state index in [-0.39, 0.29) is 48.1 Å². The fourth-order valence-electron chi connectivity index (χ4n) is 9.05. The van der Waals surface area contributed by atoms with Crippen LogP contribution in [0.3, 0.4) is 0 Å². The molecule has 0 saturated carbocycles. The number of fused-ring (bicyclic) bond motifs is 4. The Bertz CT molecular complexity index is 3130. The molecule has 9 rings (SSSR count). The molecule has 6 aromatic carbocycles. The van der Waals surface area contributed by atoms with E-state index >= 15 is 0 Å². The van der Waals surface area contributed by atoms with Gasteiger partial charge in [-0.25, -0.2) is 4.98 Å². The molecule has 0 N–H and O–H groups in total. The average Bonchev–Trinajstić information content (AvgIpc) is 3.81. The molecule has 5 nitrogen and oxygen atoms in total. The summed E-state index contributed by atoms with van der Waals surface area (Å²) in [6.45, 7) is 36.3. The minimum Gasteiger partial charge on any atom is -0.509 e. The van der Waals surface area contributed by atoms with Gasteiger partial charge in [-0.15, -0.1) is 48.1 Å². The van der Waals surface area contributed by atoms with Gasteiger partial charge in [0.15, 0.2) is 0 Å². The van der Waals surface area contributed by atoms with Crippen LogP contribution in [0, 0.1) is 18.8 Å². The number of aromatic nitrogens is 2. The zero-order chi connectivity index (χ0) is 48.0. The van der Waals surface area contributed by atoms with Gasteiger partial charge in [0.1, 0.15) is 5.82 Å². The second kappa shape index (κ2) is 17.4. The Kier molecular flexibility index (Phi) is 12.5. The van der Waals surface area contributed by atoms with Crippen molar-refractivity contribution in [2.45, 2.75) is 131 Å². The number of ether oxygens (including phenoxy) is 1. The summed E-state index contributed by atoms with van der Waals surface area (Å²) in [7, 11) is 0. The SMILES string of the molecule is CC(C)(C)c1ccc(-c2cccc3c2N(c2cc(C(C)(C)C)cc(C(C)(C)C)c2)[CH-]N3c2[c-]c(Oc3[c-]c4c(cc3)c3cc(C(C)(C)C)ccc3n4-c3cc(C(C)(C)C)ccn3)ccc2)cc1.[Pt]. The Balaban J connectivity index is 0.00000625. The van der Waals surface area contributed by atoms with Crippen molar-refractivity contribution in [3.63, 3.8) is 0 Å². The van der Waals surface area contributed by atoms with E-state index < -0.39 is 0 Å². The van der Waals surface area contributed by atoms with Crippen LogP contribution in [-0.4, -0.2) is 9.55 Å². The second-order valence-corrected chi connectivity index (χ2v) is 23.7. The molecule has 0 spiro atoms. The van der Waals surface area contributed by atoms with Gasteiger partial charge in [0.05, 0.1) is 0 Å². The van der Waals surface area contributed by atoms with E-state index in [4.69, 9.17) is 9.72 Å². The van der Waals surface area contributed by atoms with E-state index in [1.807, 2.05) is 18.3 Å². The number of nitrogens with zero attached hydrogens (tertiary/aromatic N) is 4. The van der Waals surface area contributed by atoms with Crippen LogP contribution in [0.15, 0.2) is 128 Å². The molecule has 1 aliphatic rings. The summed E-state index contributed by atoms with van der Waals surface area (Å²) in [5, 5.41) is 2.27. The number of rotatable bonds is 6. The van der Waals surface area contributed by atoms with E-state index in [2.05, 4.69) is 246 Å². The number of benzene rings is 6. The fourth-order valence-corrected chi connectivity index (χ4v) is 9.05. The predicted molar refractivity (Wildman–Crippen MR) is 283 cm³/mol. The Labute approximate surface area is 420 Å². The van der Waals surface area contributed by atoms with Gasteiger partial charge in [-0.05, 0) is 102 Å². The van der Waals surface area contributed by atoms with Gasteiger partial charge >= 0.3 is 0 Å². The van der Waals surface area contributed by atoms with E-state index in [0.717, 1.165) is 50.6 Å². The van der Waals surface area contributed by atoms with Crippen LogP contribution >= 0.6 is 0 Å². The summed E-state index contributed by atoms with van der Waals surface area (Å²) in [5.41, 5.74) is 14.9. The molecular formula is C62H67N4OPt-3. The first kappa shape index (κ1) is 48.8. The molecule has 8 aromatic rings. The molecule has 0 saturated heterocycles. The second-order valence-electron chi connectivity index (χ2n) is 23.7. The molecule has 0 aliphatic carbocycles. The largest absolute Gasteiger partial charge is 0.509 e. The molecule has 354 valence electrons. The minimum atomic E-state index is -0.0449. The molecule has 0 amide bonds. The van der Waals surface area contributed by atoms with E-state index in [1.165, 1.54) is 38.8 Å². The van der Waals surface area contributed by atoms with Gasteiger partial charge in [0.25, 0.3) is 0 Å². The normalized spacial score (nSPS) is 13.6. The first-order valence-electron chi connectivity index (χ1n) is 23.9. The van der Waals surface area contributed by atoms with Gasteiger partial charge in [0, 0.05) is 66.9 Å². The summed E-state index contributed by atoms with van der Waals surface area (Å²) in [6, 6.07) is 51.7. The van der Waals surface area contributed by atoms with Crippen molar-refractivity contribution in [1.82, 2.24) is 9.55 Å². The van der Waals surface area contributed by atoms with Crippen molar-refractivity contribution in [2.75, 3.05) is 9.80 Å². The van der Waals surface area contributed by atoms with Crippen LogP contribution in [0.4, 0.5) is 22.7 Å². The van der Waals surface area contributed by atoms with Gasteiger partial charge in [0.2, 0.25) is 0 Å². The molecule has 6 heteroatoms. The smallest absolute Gasteiger partial charge is 0.135 e. The van der Waals surface area contributed by atoms with Crippen LogP contribution in [-0.2, 0) is 48.1 Å². The van der Waals surface area contributed by atoms with Gasteiger partial charge in [-0.2, -0.15) is 12.1 Å². The summed E-state index contributed by atoms with van der Waals surface area (Å²) in [4.78, 5) is 9.57. The molecule has 1 aliphatic heterocycles. The molecule has 0 atom stereocenters. The van der Waals surface area contributed by atoms with Crippen molar-refractivity contribution >= 4 is 44.6 Å². The van der Waals surface area contributed by atoms with Crippen LogP contribution in [0.1, 0.15) is 132 Å². The Morgan fingerprint density at radius 2 is 1.09 bits per heavy atom. The van der Waals surface area contributed by atoms with Crippen LogP contribution < -0.4 is 14.5 Å². The third-order valence-electron chi connectivity index (χ3n) is 13.3. The Morgan fingerprint density at radius 1 is 0.500 bits per heavy atom. The van der Waals surface area contributed by atoms with Crippen molar-refractivity contribution in [3.05, 3.63) is 174 Å². The van der Waals surface area contributed by atoms with E-state index in [1.54, 1.807) is 0 Å². The minimum absolute atomic E-state index is 0. The molecule has 0 fully saturated rings. The number of hydrogen-bond donors (Lipinski definition) is 0. The quantitative estimate of drug-likeness (QED) is 0.155. The first-order valence-corrected chi connectivity index (χ1v) is 23.9. The van der Waals surface area contributed by atoms with E-state index in [0.29, 0.717) is 11.5 Å². The number of hydrogen-bond acceptors (Lipinski definition) is 4. The van der Waals surface area contributed by atoms with Gasteiger partial charge in [-0.1, -0.05) is 164 Å². The summed E-state index contributed by atoms with van der Waals surface area (Å²) in [6.07, 6.45) is 1.92.